The van der Waals surface area contributed by atoms with Gasteiger partial charge in [0.2, 0.25) is 0 Å². The van der Waals surface area contributed by atoms with E-state index in [1.165, 1.54) is 25.8 Å². The number of fused-ring (bicyclic) bond motifs is 2. The van der Waals surface area contributed by atoms with Gasteiger partial charge in [-0.2, -0.15) is 5.10 Å². The summed E-state index contributed by atoms with van der Waals surface area (Å²) >= 11 is 0. The smallest absolute Gasteiger partial charge is 0.258 e. The van der Waals surface area contributed by atoms with Crippen molar-refractivity contribution in [3.63, 3.8) is 0 Å². The van der Waals surface area contributed by atoms with Gasteiger partial charge in [-0.15, -0.1) is 0 Å². The molecule has 2 unspecified atom stereocenters. The van der Waals surface area contributed by atoms with Crippen molar-refractivity contribution in [3.8, 4) is 0 Å². The van der Waals surface area contributed by atoms with E-state index in [0.29, 0.717) is 24.6 Å². The van der Waals surface area contributed by atoms with Crippen molar-refractivity contribution in [2.75, 3.05) is 43.4 Å². The highest BCUT2D eigenvalue weighted by Gasteiger charge is 2.30. The average Bonchev–Trinajstić information content (AvgIpc) is 3.53. The maximum Gasteiger partial charge on any atom is 0.258 e. The summed E-state index contributed by atoms with van der Waals surface area (Å²) in [5, 5.41) is 11.7. The molecule has 2 N–H and O–H groups in total. The molecule has 0 radical (unpaired) electrons. The van der Waals surface area contributed by atoms with Crippen LogP contribution in [0.2, 0.25) is 0 Å². The van der Waals surface area contributed by atoms with Crippen LogP contribution in [0.1, 0.15) is 71.6 Å². The number of hydrogen-bond donors (Lipinski definition) is 2. The predicted octanol–water partition coefficient (Wildman–Crippen LogP) is 4.80. The molecule has 0 saturated carbocycles. The van der Waals surface area contributed by atoms with Gasteiger partial charge in [0.15, 0.2) is 0 Å². The summed E-state index contributed by atoms with van der Waals surface area (Å²) in [6.45, 7) is 6.73. The lowest BCUT2D eigenvalue weighted by molar-refractivity contribution is -0.109. The molecule has 0 aliphatic carbocycles. The fourth-order valence-electron chi connectivity index (χ4n) is 7.25. The zero-order valence-electron chi connectivity index (χ0n) is 25.8. The van der Waals surface area contributed by atoms with E-state index < -0.39 is 0 Å². The number of benzene rings is 2. The zero-order valence-corrected chi connectivity index (χ0v) is 25.8. The lowest BCUT2D eigenvalue weighted by Gasteiger charge is -2.38. The van der Waals surface area contributed by atoms with Crippen LogP contribution in [-0.2, 0) is 18.4 Å². The number of aromatic nitrogens is 2. The molecule has 6 rings (SSSR count). The van der Waals surface area contributed by atoms with Crippen molar-refractivity contribution < 1.29 is 9.59 Å². The van der Waals surface area contributed by atoms with Crippen LogP contribution >= 0.6 is 0 Å². The highest BCUT2D eigenvalue weighted by atomic mass is 16.2. The lowest BCUT2D eigenvalue weighted by Crippen LogP contribution is -2.45. The maximum absolute atomic E-state index is 14.0. The molecule has 4 heterocycles. The molecule has 9 heteroatoms. The summed E-state index contributed by atoms with van der Waals surface area (Å²) in [6.07, 6.45) is 9.35. The van der Waals surface area contributed by atoms with Gasteiger partial charge < -0.3 is 25.2 Å². The zero-order chi connectivity index (χ0) is 29.9. The first kappa shape index (κ1) is 29.5. The average molecular weight is 584 g/mol. The van der Waals surface area contributed by atoms with Crippen molar-refractivity contribution >= 4 is 29.4 Å². The number of hydrogen-bond acceptors (Lipinski definition) is 7. The number of rotatable bonds is 9. The summed E-state index contributed by atoms with van der Waals surface area (Å²) in [5.74, 6) is 0.842. The number of piperidine rings is 1. The van der Waals surface area contributed by atoms with Crippen LogP contribution in [-0.4, -0.2) is 77.1 Å². The largest absolute Gasteiger partial charge is 0.338 e. The van der Waals surface area contributed by atoms with Gasteiger partial charge in [-0.1, -0.05) is 18.2 Å². The summed E-state index contributed by atoms with van der Waals surface area (Å²) in [7, 11) is 4.15. The highest BCUT2D eigenvalue weighted by molar-refractivity contribution is 6.08. The van der Waals surface area contributed by atoms with Gasteiger partial charge >= 0.3 is 0 Å². The molecular formula is C34H45N7O2. The van der Waals surface area contributed by atoms with Crippen LogP contribution in [0.3, 0.4) is 0 Å². The third-order valence-electron chi connectivity index (χ3n) is 9.78. The molecule has 2 saturated heterocycles. The van der Waals surface area contributed by atoms with E-state index in [2.05, 4.69) is 45.6 Å². The van der Waals surface area contributed by atoms with Crippen molar-refractivity contribution in [2.45, 2.75) is 70.1 Å². The Bertz CT molecular complexity index is 1440. The van der Waals surface area contributed by atoms with Crippen LogP contribution in [0.25, 0.3) is 0 Å². The molecular weight excluding hydrogens is 538 g/mol. The van der Waals surface area contributed by atoms with Crippen LogP contribution in [0.4, 0.5) is 17.2 Å². The first-order valence-electron chi connectivity index (χ1n) is 15.8. The molecule has 2 fully saturated rings. The molecule has 228 valence electrons. The van der Waals surface area contributed by atoms with Crippen molar-refractivity contribution in [1.82, 2.24) is 24.9 Å². The molecule has 3 aliphatic rings. The lowest BCUT2D eigenvalue weighted by atomic mass is 9.93. The van der Waals surface area contributed by atoms with Gasteiger partial charge in [-0.25, -0.2) is 0 Å². The standard InChI is InChI=1S/C34H45N7O2/c1-24-21-25(34(43)41-23-26-22-36-39(3)33(26)37-30-8-4-5-9-32(30)41)10-11-29(24)31(15-20-42)40-18-13-27(14-19-40)35-16-12-28-7-6-17-38(28)2/h4-5,8-11,20-22,27-28,31,35,37H,6-7,12-19,23H2,1-3H3. The number of likely N-dealkylation sites (tertiary alicyclic amines) is 2. The second-order valence-corrected chi connectivity index (χ2v) is 12.5. The number of nitrogens with zero attached hydrogens (tertiary/aromatic N) is 5. The molecule has 0 spiro atoms. The monoisotopic (exact) mass is 583 g/mol. The van der Waals surface area contributed by atoms with Crippen LogP contribution in [0, 0.1) is 6.92 Å². The van der Waals surface area contributed by atoms with Gasteiger partial charge in [-0.05, 0) is 94.6 Å². The van der Waals surface area contributed by atoms with Crippen LogP contribution < -0.4 is 15.5 Å². The van der Waals surface area contributed by atoms with Crippen LogP contribution in [0.15, 0.2) is 48.7 Å². The van der Waals surface area contributed by atoms with Gasteiger partial charge in [0.1, 0.15) is 12.1 Å². The second-order valence-electron chi connectivity index (χ2n) is 12.5. The summed E-state index contributed by atoms with van der Waals surface area (Å²) in [6, 6.07) is 15.2. The number of carbonyl (C=O) groups is 2. The number of aryl methyl sites for hydroxylation is 2. The normalized spacial score (nSPS) is 20.3. The first-order chi connectivity index (χ1) is 20.9. The van der Waals surface area contributed by atoms with E-state index in [1.54, 1.807) is 4.68 Å². The van der Waals surface area contributed by atoms with E-state index in [0.717, 1.165) is 78.7 Å². The highest BCUT2D eigenvalue weighted by Crippen LogP contribution is 2.37. The Kier molecular flexibility index (Phi) is 8.93. The fraction of sp³-hybridized carbons (Fsp3) is 0.500. The second kappa shape index (κ2) is 13.0. The number of para-hydroxylation sites is 2. The minimum Gasteiger partial charge on any atom is -0.338 e. The fourth-order valence-corrected chi connectivity index (χ4v) is 7.25. The Labute approximate surface area is 255 Å². The maximum atomic E-state index is 14.0. The van der Waals surface area contributed by atoms with E-state index in [9.17, 15) is 9.59 Å². The number of amides is 1. The van der Waals surface area contributed by atoms with Gasteiger partial charge in [0.25, 0.3) is 5.91 Å². The molecule has 43 heavy (non-hydrogen) atoms. The summed E-state index contributed by atoms with van der Waals surface area (Å²) in [5.41, 5.74) is 5.50. The molecule has 2 aromatic carbocycles. The first-order valence-corrected chi connectivity index (χ1v) is 15.8. The topological polar surface area (TPSA) is 85.7 Å². The molecule has 3 aromatic rings. The number of nitrogens with one attached hydrogen (secondary N) is 2. The predicted molar refractivity (Wildman–Crippen MR) is 171 cm³/mol. The molecule has 3 aliphatic heterocycles. The Morgan fingerprint density at radius 2 is 1.93 bits per heavy atom. The van der Waals surface area contributed by atoms with Crippen molar-refractivity contribution in [1.29, 1.82) is 0 Å². The van der Waals surface area contributed by atoms with Crippen LogP contribution in [0.5, 0.6) is 0 Å². The molecule has 2 atom stereocenters. The van der Waals surface area contributed by atoms with Crippen molar-refractivity contribution in [3.05, 3.63) is 70.9 Å². The number of anilines is 3. The van der Waals surface area contributed by atoms with Crippen molar-refractivity contribution in [2.24, 2.45) is 7.05 Å². The Balaban J connectivity index is 1.13. The van der Waals surface area contributed by atoms with E-state index >= 15 is 0 Å². The molecule has 1 amide bonds. The Morgan fingerprint density at radius 1 is 1.12 bits per heavy atom. The quantitative estimate of drug-likeness (QED) is 0.350. The van der Waals surface area contributed by atoms with E-state index in [1.807, 2.05) is 54.5 Å². The summed E-state index contributed by atoms with van der Waals surface area (Å²) in [4.78, 5) is 32.6. The minimum absolute atomic E-state index is 0.0239. The molecule has 0 bridgehead atoms. The Morgan fingerprint density at radius 3 is 2.67 bits per heavy atom. The molecule has 9 nitrogen and oxygen atoms in total. The van der Waals surface area contributed by atoms with Gasteiger partial charge in [0, 0.05) is 55.8 Å². The SMILES string of the molecule is Cc1cc(C(=O)N2Cc3cnn(C)c3Nc3ccccc32)ccc1C(CC=O)N1CCC(NCCC2CCCN2C)CC1. The van der Waals surface area contributed by atoms with E-state index in [4.69, 9.17) is 0 Å². The summed E-state index contributed by atoms with van der Waals surface area (Å²) < 4.78 is 1.81. The van der Waals surface area contributed by atoms with Gasteiger partial charge in [-0.3, -0.25) is 14.4 Å². The molecule has 1 aromatic heterocycles. The van der Waals surface area contributed by atoms with Gasteiger partial charge in [0.05, 0.1) is 24.1 Å². The number of aldehydes is 1. The minimum atomic E-state index is -0.0526. The number of carbonyl (C=O) groups excluding carboxylic acids is 2. The third-order valence-corrected chi connectivity index (χ3v) is 9.78. The Hall–Kier alpha value is -3.53. The third kappa shape index (κ3) is 6.25. The van der Waals surface area contributed by atoms with E-state index in [-0.39, 0.29) is 11.9 Å².